The predicted octanol–water partition coefficient (Wildman–Crippen LogP) is 4.61. The highest BCUT2D eigenvalue weighted by molar-refractivity contribution is 8.02. The Morgan fingerprint density at radius 1 is 1.35 bits per heavy atom. The van der Waals surface area contributed by atoms with Gasteiger partial charge in [0, 0.05) is 10.5 Å². The van der Waals surface area contributed by atoms with Gasteiger partial charge in [-0.25, -0.2) is 0 Å². The van der Waals surface area contributed by atoms with Gasteiger partial charge in [-0.3, -0.25) is 0 Å². The van der Waals surface area contributed by atoms with Gasteiger partial charge in [0.1, 0.15) is 0 Å². The maximum absolute atomic E-state index is 12.3. The third-order valence-electron chi connectivity index (χ3n) is 2.04. The van der Waals surface area contributed by atoms with Crippen molar-refractivity contribution in [3.05, 3.63) is 40.8 Å². The molecule has 0 radical (unpaired) electrons. The number of alkyl halides is 3. The first-order valence-corrected chi connectivity index (χ1v) is 5.78. The Hall–Kier alpha value is -1.41. The van der Waals surface area contributed by atoms with Crippen LogP contribution < -0.4 is 0 Å². The molecule has 5 heteroatoms. The van der Waals surface area contributed by atoms with Crippen LogP contribution in [0.3, 0.4) is 0 Å². The molecule has 0 aliphatic rings. The van der Waals surface area contributed by atoms with Crippen molar-refractivity contribution < 1.29 is 13.2 Å². The van der Waals surface area contributed by atoms with Gasteiger partial charge >= 0.3 is 6.18 Å². The Balaban J connectivity index is 2.77. The number of benzene rings is 1. The topological polar surface area (TPSA) is 23.8 Å². The number of hydrogen-bond donors (Lipinski definition) is 0. The van der Waals surface area contributed by atoms with E-state index in [4.69, 9.17) is 5.26 Å². The van der Waals surface area contributed by atoms with Crippen LogP contribution in [-0.4, -0.2) is 0 Å². The van der Waals surface area contributed by atoms with E-state index in [1.54, 1.807) is 5.41 Å². The summed E-state index contributed by atoms with van der Waals surface area (Å²) < 4.78 is 36.8. The highest BCUT2D eigenvalue weighted by Gasteiger charge is 2.29. The van der Waals surface area contributed by atoms with Crippen LogP contribution in [0.1, 0.15) is 18.9 Å². The zero-order chi connectivity index (χ0) is 12.9. The first-order chi connectivity index (χ1) is 7.97. The van der Waals surface area contributed by atoms with Crippen LogP contribution >= 0.6 is 11.8 Å². The Bertz CT molecular complexity index is 440. The minimum absolute atomic E-state index is 0.606. The molecule has 0 heterocycles. The predicted molar refractivity (Wildman–Crippen MR) is 61.3 cm³/mol. The van der Waals surface area contributed by atoms with Crippen LogP contribution in [0.4, 0.5) is 13.2 Å². The molecule has 1 aromatic carbocycles. The zero-order valence-corrected chi connectivity index (χ0v) is 9.90. The molecule has 0 fully saturated rings. The van der Waals surface area contributed by atoms with Gasteiger partial charge in [-0.05, 0) is 36.1 Å². The summed E-state index contributed by atoms with van der Waals surface area (Å²) in [6, 6.07) is 6.88. The van der Waals surface area contributed by atoms with Crippen molar-refractivity contribution in [2.75, 3.05) is 0 Å². The fourth-order valence-electron chi connectivity index (χ4n) is 1.05. The Morgan fingerprint density at radius 2 is 1.94 bits per heavy atom. The van der Waals surface area contributed by atoms with Crippen LogP contribution in [0.25, 0.3) is 0 Å². The molecule has 0 spiro atoms. The summed E-state index contributed by atoms with van der Waals surface area (Å²) in [5, 5.41) is 10.3. The van der Waals surface area contributed by atoms with Gasteiger partial charge in [0.2, 0.25) is 0 Å². The van der Waals surface area contributed by atoms with Crippen LogP contribution in [0.2, 0.25) is 0 Å². The minimum atomic E-state index is -4.31. The summed E-state index contributed by atoms with van der Waals surface area (Å²) in [4.78, 5) is 0.680. The molecule has 17 heavy (non-hydrogen) atoms. The highest BCUT2D eigenvalue weighted by Crippen LogP contribution is 2.31. The molecule has 1 nitrogen and oxygen atoms in total. The average molecular weight is 257 g/mol. The molecule has 0 aromatic heterocycles. The second-order valence-corrected chi connectivity index (χ2v) is 4.19. The van der Waals surface area contributed by atoms with E-state index in [1.165, 1.54) is 23.9 Å². The summed E-state index contributed by atoms with van der Waals surface area (Å²) >= 11 is 1.25. The minimum Gasteiger partial charge on any atom is -0.193 e. The second-order valence-electron chi connectivity index (χ2n) is 3.25. The number of hydrogen-bond acceptors (Lipinski definition) is 2. The van der Waals surface area contributed by atoms with Crippen molar-refractivity contribution in [3.8, 4) is 6.07 Å². The number of thioether (sulfide) groups is 1. The molecule has 1 aromatic rings. The number of nitrogens with zero attached hydrogens (tertiary/aromatic N) is 1. The first kappa shape index (κ1) is 13.7. The van der Waals surface area contributed by atoms with E-state index < -0.39 is 11.7 Å². The molecular formula is C12H10F3NS. The molecule has 0 amide bonds. The molecule has 0 saturated heterocycles. The Kier molecular flexibility index (Phi) is 4.64. The largest absolute Gasteiger partial charge is 0.416 e. The SMILES string of the molecule is CCC(C#N)=CSc1ccc(C(F)(F)F)cc1. The van der Waals surface area contributed by atoms with Crippen molar-refractivity contribution in [1.29, 1.82) is 5.26 Å². The van der Waals surface area contributed by atoms with Crippen molar-refractivity contribution in [3.63, 3.8) is 0 Å². The first-order valence-electron chi connectivity index (χ1n) is 4.90. The van der Waals surface area contributed by atoms with Gasteiger partial charge in [0.25, 0.3) is 0 Å². The van der Waals surface area contributed by atoms with E-state index in [2.05, 4.69) is 0 Å². The maximum atomic E-state index is 12.3. The molecule has 0 aliphatic heterocycles. The zero-order valence-electron chi connectivity index (χ0n) is 9.08. The molecule has 0 unspecified atom stereocenters. The lowest BCUT2D eigenvalue weighted by Gasteiger charge is -2.06. The third-order valence-corrected chi connectivity index (χ3v) is 2.99. The molecule has 90 valence electrons. The van der Waals surface area contributed by atoms with E-state index in [9.17, 15) is 13.2 Å². The fraction of sp³-hybridized carbons (Fsp3) is 0.250. The molecule has 0 aliphatic carbocycles. The van der Waals surface area contributed by atoms with Gasteiger partial charge < -0.3 is 0 Å². The number of rotatable bonds is 3. The van der Waals surface area contributed by atoms with Crippen LogP contribution in [0.15, 0.2) is 40.1 Å². The normalized spacial score (nSPS) is 12.3. The Labute approximate surface area is 102 Å². The number of nitriles is 1. The number of halogens is 3. The van der Waals surface area contributed by atoms with E-state index in [-0.39, 0.29) is 0 Å². The lowest BCUT2D eigenvalue weighted by atomic mass is 10.2. The van der Waals surface area contributed by atoms with Crippen molar-refractivity contribution in [1.82, 2.24) is 0 Å². The standard InChI is InChI=1S/C12H10F3NS/c1-2-9(7-16)8-17-11-5-3-10(4-6-11)12(13,14)15/h3-6,8H,2H2,1H3. The Morgan fingerprint density at radius 3 is 2.35 bits per heavy atom. The second kappa shape index (κ2) is 5.78. The molecular weight excluding hydrogens is 247 g/mol. The quantitative estimate of drug-likeness (QED) is 0.583. The summed E-state index contributed by atoms with van der Waals surface area (Å²) in [5.74, 6) is 0. The van der Waals surface area contributed by atoms with Gasteiger partial charge in [0.05, 0.1) is 11.6 Å². The van der Waals surface area contributed by atoms with Crippen molar-refractivity contribution in [2.24, 2.45) is 0 Å². The lowest BCUT2D eigenvalue weighted by molar-refractivity contribution is -0.137. The third kappa shape index (κ3) is 4.16. The van der Waals surface area contributed by atoms with Crippen LogP contribution in [0.5, 0.6) is 0 Å². The van der Waals surface area contributed by atoms with E-state index in [0.717, 1.165) is 12.1 Å². The van der Waals surface area contributed by atoms with Gasteiger partial charge in [0.15, 0.2) is 0 Å². The maximum Gasteiger partial charge on any atom is 0.416 e. The summed E-state index contributed by atoms with van der Waals surface area (Å²) in [6.07, 6.45) is -3.69. The monoisotopic (exact) mass is 257 g/mol. The van der Waals surface area contributed by atoms with Crippen LogP contribution in [-0.2, 0) is 6.18 Å². The molecule has 0 atom stereocenters. The highest BCUT2D eigenvalue weighted by atomic mass is 32.2. The smallest absolute Gasteiger partial charge is 0.193 e. The van der Waals surface area contributed by atoms with E-state index >= 15 is 0 Å². The van der Waals surface area contributed by atoms with Crippen molar-refractivity contribution >= 4 is 11.8 Å². The average Bonchev–Trinajstić information content (AvgIpc) is 2.30. The number of allylic oxidation sites excluding steroid dienone is 1. The van der Waals surface area contributed by atoms with Gasteiger partial charge in [-0.2, -0.15) is 18.4 Å². The van der Waals surface area contributed by atoms with E-state index in [0.29, 0.717) is 16.9 Å². The molecule has 0 saturated carbocycles. The summed E-state index contributed by atoms with van der Waals surface area (Å²) in [6.45, 7) is 1.85. The molecule has 1 rings (SSSR count). The lowest BCUT2D eigenvalue weighted by Crippen LogP contribution is -2.03. The fourth-order valence-corrected chi connectivity index (χ4v) is 1.84. The van der Waals surface area contributed by atoms with Gasteiger partial charge in [-0.1, -0.05) is 18.7 Å². The molecule has 0 N–H and O–H groups in total. The molecule has 0 bridgehead atoms. The van der Waals surface area contributed by atoms with Crippen molar-refractivity contribution in [2.45, 2.75) is 24.4 Å². The van der Waals surface area contributed by atoms with Crippen LogP contribution in [0, 0.1) is 11.3 Å². The van der Waals surface area contributed by atoms with Gasteiger partial charge in [-0.15, -0.1) is 0 Å². The summed E-state index contributed by atoms with van der Waals surface area (Å²) in [5.41, 5.74) is -0.0586. The summed E-state index contributed by atoms with van der Waals surface area (Å²) in [7, 11) is 0. The van der Waals surface area contributed by atoms with E-state index in [1.807, 2.05) is 13.0 Å².